The van der Waals surface area contributed by atoms with Crippen molar-refractivity contribution < 1.29 is 4.74 Å². The number of nitrogens with one attached hydrogen (secondary N) is 1. The van der Waals surface area contributed by atoms with Gasteiger partial charge in [0.1, 0.15) is 0 Å². The van der Waals surface area contributed by atoms with Crippen LogP contribution in [0.25, 0.3) is 0 Å². The van der Waals surface area contributed by atoms with E-state index in [2.05, 4.69) is 64.3 Å². The molecule has 1 fully saturated rings. The molecule has 1 unspecified atom stereocenters. The van der Waals surface area contributed by atoms with E-state index in [9.17, 15) is 0 Å². The molecule has 0 bridgehead atoms. The summed E-state index contributed by atoms with van der Waals surface area (Å²) in [7, 11) is 2.04. The summed E-state index contributed by atoms with van der Waals surface area (Å²) in [5.74, 6) is 0. The second kappa shape index (κ2) is 7.55. The van der Waals surface area contributed by atoms with Crippen molar-refractivity contribution in [2.24, 2.45) is 0 Å². The highest BCUT2D eigenvalue weighted by Gasteiger charge is 2.22. The van der Waals surface area contributed by atoms with Gasteiger partial charge in [0.25, 0.3) is 0 Å². The number of nitrogens with zero attached hydrogens (tertiary/aromatic N) is 1. The Kier molecular flexibility index (Phi) is 6.02. The molecule has 0 aromatic heterocycles. The average molecular weight is 341 g/mol. The lowest BCUT2D eigenvalue weighted by Gasteiger charge is -2.36. The zero-order valence-electron chi connectivity index (χ0n) is 12.6. The Morgan fingerprint density at radius 2 is 1.85 bits per heavy atom. The molecule has 20 heavy (non-hydrogen) atoms. The van der Waals surface area contributed by atoms with Gasteiger partial charge in [-0.15, -0.1) is 0 Å². The summed E-state index contributed by atoms with van der Waals surface area (Å²) >= 11 is 3.49. The fourth-order valence-electron chi connectivity index (χ4n) is 2.95. The molecular weight excluding hydrogens is 316 g/mol. The maximum Gasteiger partial charge on any atom is 0.0678 e. The highest BCUT2D eigenvalue weighted by Crippen LogP contribution is 2.20. The van der Waals surface area contributed by atoms with Gasteiger partial charge in [0.05, 0.1) is 12.2 Å². The molecule has 4 heteroatoms. The number of morpholine rings is 1. The Morgan fingerprint density at radius 1 is 1.25 bits per heavy atom. The van der Waals surface area contributed by atoms with Crippen LogP contribution in [0.15, 0.2) is 28.7 Å². The van der Waals surface area contributed by atoms with Crippen LogP contribution in [0.4, 0.5) is 0 Å². The Labute approximate surface area is 130 Å². The molecule has 0 saturated carbocycles. The quantitative estimate of drug-likeness (QED) is 0.890. The predicted octanol–water partition coefficient (Wildman–Crippen LogP) is 3.21. The molecule has 1 aliphatic rings. The van der Waals surface area contributed by atoms with Gasteiger partial charge in [-0.2, -0.15) is 0 Å². The van der Waals surface area contributed by atoms with Gasteiger partial charge in [-0.05, 0) is 45.0 Å². The molecule has 1 heterocycles. The summed E-state index contributed by atoms with van der Waals surface area (Å²) in [5, 5.41) is 3.43. The van der Waals surface area contributed by atoms with Gasteiger partial charge in [-0.3, -0.25) is 4.90 Å². The standard InChI is InChI=1S/C16H25BrN2O/c1-12-10-19(11-13(2)20-12)9-8-16(18-3)14-4-6-15(17)7-5-14/h4-7,12-13,16,18H,8-11H2,1-3H3/t12-,13+,16?. The average Bonchev–Trinajstić information content (AvgIpc) is 2.40. The second-order valence-electron chi connectivity index (χ2n) is 5.70. The minimum Gasteiger partial charge on any atom is -0.373 e. The summed E-state index contributed by atoms with van der Waals surface area (Å²) in [5.41, 5.74) is 1.35. The fraction of sp³-hybridized carbons (Fsp3) is 0.625. The van der Waals surface area contributed by atoms with Crippen LogP contribution in [0.3, 0.4) is 0 Å². The van der Waals surface area contributed by atoms with E-state index in [1.807, 2.05) is 7.05 Å². The number of ether oxygens (including phenoxy) is 1. The molecule has 1 saturated heterocycles. The van der Waals surface area contributed by atoms with Gasteiger partial charge in [0, 0.05) is 30.1 Å². The van der Waals surface area contributed by atoms with Crippen molar-refractivity contribution in [3.8, 4) is 0 Å². The van der Waals surface area contributed by atoms with E-state index in [-0.39, 0.29) is 0 Å². The summed E-state index contributed by atoms with van der Waals surface area (Å²) in [6, 6.07) is 9.01. The predicted molar refractivity (Wildman–Crippen MR) is 87.0 cm³/mol. The van der Waals surface area contributed by atoms with Crippen LogP contribution in [0, 0.1) is 0 Å². The van der Waals surface area contributed by atoms with Gasteiger partial charge in [-0.1, -0.05) is 28.1 Å². The Bertz CT molecular complexity index is 399. The van der Waals surface area contributed by atoms with Crippen LogP contribution in [-0.4, -0.2) is 43.8 Å². The van der Waals surface area contributed by atoms with Gasteiger partial charge in [0.2, 0.25) is 0 Å². The van der Waals surface area contributed by atoms with E-state index in [0.29, 0.717) is 18.2 Å². The first-order valence-electron chi connectivity index (χ1n) is 7.39. The number of halogens is 1. The third kappa shape index (κ3) is 4.55. The molecule has 2 rings (SSSR count). The molecule has 112 valence electrons. The SMILES string of the molecule is CNC(CCN1C[C@@H](C)O[C@@H](C)C1)c1ccc(Br)cc1. The van der Waals surface area contributed by atoms with Crippen LogP contribution in [-0.2, 0) is 4.74 Å². The molecule has 1 aromatic carbocycles. The van der Waals surface area contributed by atoms with Crippen molar-refractivity contribution in [3.63, 3.8) is 0 Å². The number of hydrogen-bond acceptors (Lipinski definition) is 3. The summed E-state index contributed by atoms with van der Waals surface area (Å²) in [6.07, 6.45) is 1.82. The lowest BCUT2D eigenvalue weighted by Crippen LogP contribution is -2.46. The number of rotatable bonds is 5. The van der Waals surface area contributed by atoms with E-state index in [0.717, 1.165) is 30.5 Å². The number of hydrogen-bond donors (Lipinski definition) is 1. The van der Waals surface area contributed by atoms with Crippen molar-refractivity contribution in [3.05, 3.63) is 34.3 Å². The Balaban J connectivity index is 1.89. The van der Waals surface area contributed by atoms with Gasteiger partial charge < -0.3 is 10.1 Å². The van der Waals surface area contributed by atoms with E-state index in [1.54, 1.807) is 0 Å². The molecule has 1 N–H and O–H groups in total. The minimum absolute atomic E-state index is 0.347. The monoisotopic (exact) mass is 340 g/mol. The van der Waals surface area contributed by atoms with Crippen LogP contribution in [0.5, 0.6) is 0 Å². The zero-order valence-corrected chi connectivity index (χ0v) is 14.2. The first kappa shape index (κ1) is 16.0. The van der Waals surface area contributed by atoms with E-state index < -0.39 is 0 Å². The van der Waals surface area contributed by atoms with Gasteiger partial charge >= 0.3 is 0 Å². The minimum atomic E-state index is 0.347. The highest BCUT2D eigenvalue weighted by molar-refractivity contribution is 9.10. The molecule has 3 nitrogen and oxygen atoms in total. The van der Waals surface area contributed by atoms with Gasteiger partial charge in [0.15, 0.2) is 0 Å². The molecular formula is C16H25BrN2O. The van der Waals surface area contributed by atoms with Crippen molar-refractivity contribution in [2.75, 3.05) is 26.7 Å². The number of benzene rings is 1. The van der Waals surface area contributed by atoms with Crippen molar-refractivity contribution in [2.45, 2.75) is 38.5 Å². The normalized spacial score (nSPS) is 25.6. The first-order chi connectivity index (χ1) is 9.58. The Hall–Kier alpha value is -0.420. The second-order valence-corrected chi connectivity index (χ2v) is 6.61. The van der Waals surface area contributed by atoms with Crippen molar-refractivity contribution in [1.29, 1.82) is 0 Å². The molecule has 0 radical (unpaired) electrons. The topological polar surface area (TPSA) is 24.5 Å². The zero-order chi connectivity index (χ0) is 14.5. The van der Waals surface area contributed by atoms with Crippen LogP contribution in [0.2, 0.25) is 0 Å². The van der Waals surface area contributed by atoms with Gasteiger partial charge in [-0.25, -0.2) is 0 Å². The maximum atomic E-state index is 5.78. The molecule has 0 amide bonds. The first-order valence-corrected chi connectivity index (χ1v) is 8.18. The lowest BCUT2D eigenvalue weighted by molar-refractivity contribution is -0.0685. The molecule has 1 aromatic rings. The summed E-state index contributed by atoms with van der Waals surface area (Å²) < 4.78 is 6.92. The third-order valence-electron chi connectivity index (χ3n) is 3.85. The smallest absolute Gasteiger partial charge is 0.0678 e. The Morgan fingerprint density at radius 3 is 2.40 bits per heavy atom. The fourth-order valence-corrected chi connectivity index (χ4v) is 3.22. The summed E-state index contributed by atoms with van der Waals surface area (Å²) in [6.45, 7) is 7.52. The van der Waals surface area contributed by atoms with Crippen molar-refractivity contribution in [1.82, 2.24) is 10.2 Å². The molecule has 0 spiro atoms. The highest BCUT2D eigenvalue weighted by atomic mass is 79.9. The van der Waals surface area contributed by atoms with Crippen LogP contribution < -0.4 is 5.32 Å². The summed E-state index contributed by atoms with van der Waals surface area (Å²) in [4.78, 5) is 2.52. The maximum absolute atomic E-state index is 5.78. The van der Waals surface area contributed by atoms with Crippen molar-refractivity contribution >= 4 is 15.9 Å². The van der Waals surface area contributed by atoms with E-state index in [1.165, 1.54) is 5.56 Å². The van der Waals surface area contributed by atoms with E-state index >= 15 is 0 Å². The van der Waals surface area contributed by atoms with E-state index in [4.69, 9.17) is 4.74 Å². The van der Waals surface area contributed by atoms with Crippen LogP contribution >= 0.6 is 15.9 Å². The van der Waals surface area contributed by atoms with Crippen LogP contribution in [0.1, 0.15) is 31.9 Å². The lowest BCUT2D eigenvalue weighted by atomic mass is 10.0. The molecule has 3 atom stereocenters. The molecule has 1 aliphatic heterocycles. The largest absolute Gasteiger partial charge is 0.373 e. The third-order valence-corrected chi connectivity index (χ3v) is 4.38. The molecule has 0 aliphatic carbocycles.